The van der Waals surface area contributed by atoms with Crippen LogP contribution in [-0.2, 0) is 0 Å². The zero-order valence-corrected chi connectivity index (χ0v) is 16.7. The first kappa shape index (κ1) is 20.8. The molecule has 7 nitrogen and oxygen atoms in total. The average Bonchev–Trinajstić information content (AvgIpc) is 2.65. The lowest BCUT2D eigenvalue weighted by atomic mass is 10.1. The van der Waals surface area contributed by atoms with Crippen LogP contribution in [0.4, 0.5) is 5.69 Å². The Morgan fingerprint density at radius 2 is 2.19 bits per heavy atom. The molecule has 0 aromatic heterocycles. The molecule has 1 amide bonds. The van der Waals surface area contributed by atoms with E-state index < -0.39 is 0 Å². The van der Waals surface area contributed by atoms with Crippen molar-refractivity contribution in [2.75, 3.05) is 39.1 Å². The molecule has 1 aromatic carbocycles. The van der Waals surface area contributed by atoms with Crippen molar-refractivity contribution in [2.24, 2.45) is 4.99 Å². The Morgan fingerprint density at radius 3 is 2.89 bits per heavy atom. The predicted octanol–water partition coefficient (Wildman–Crippen LogP) is 2.43. The highest BCUT2D eigenvalue weighted by molar-refractivity contribution is 5.95. The van der Waals surface area contributed by atoms with Crippen LogP contribution in [0.3, 0.4) is 0 Å². The molecule has 1 aliphatic rings. The number of nitrogens with zero attached hydrogens (tertiary/aromatic N) is 2. The molecule has 0 bridgehead atoms. The number of aliphatic imine (C=N–C) groups is 1. The van der Waals surface area contributed by atoms with E-state index in [1.165, 1.54) is 0 Å². The normalized spacial score (nSPS) is 15.9. The Hall–Kier alpha value is -2.54. The Labute approximate surface area is 161 Å². The van der Waals surface area contributed by atoms with Gasteiger partial charge in [0.05, 0.1) is 25.2 Å². The summed E-state index contributed by atoms with van der Waals surface area (Å²) >= 11 is 0. The number of nitrogens with one attached hydrogen (secondary N) is 3. The Bertz CT molecular complexity index is 687. The predicted molar refractivity (Wildman–Crippen MR) is 111 cm³/mol. The van der Waals surface area contributed by atoms with E-state index in [0.29, 0.717) is 17.9 Å². The first-order valence-corrected chi connectivity index (χ1v) is 9.45. The number of rotatable bonds is 10. The summed E-state index contributed by atoms with van der Waals surface area (Å²) in [6, 6.07) is 5.47. The summed E-state index contributed by atoms with van der Waals surface area (Å²) in [6.45, 7) is 6.87. The summed E-state index contributed by atoms with van der Waals surface area (Å²) in [5.74, 6) is 1.40. The molecule has 1 aliphatic heterocycles. The molecule has 148 valence electrons. The van der Waals surface area contributed by atoms with Crippen LogP contribution in [0.25, 0.3) is 0 Å². The second-order valence-electron chi connectivity index (χ2n) is 6.70. The fraction of sp³-hybridized carbons (Fsp3) is 0.500. The molecule has 3 N–H and O–H groups in total. The molecule has 1 unspecified atom stereocenters. The maximum absolute atomic E-state index is 12.5. The standard InChI is InChI=1S/C20H31N5O2/c1-5-10-25(3)11-6-9-21-20(26)16-7-8-18(27-4)17(13-16)24-19-12-15(2)22-14-23-19/h7-8,12-15,24H,5-6,9-11H2,1-4H3,(H,21,26)(H,22,23). The molecule has 1 atom stereocenters. The highest BCUT2D eigenvalue weighted by atomic mass is 16.5. The van der Waals surface area contributed by atoms with Gasteiger partial charge in [0.1, 0.15) is 11.6 Å². The van der Waals surface area contributed by atoms with Gasteiger partial charge in [-0.05, 0) is 64.2 Å². The minimum absolute atomic E-state index is 0.0839. The van der Waals surface area contributed by atoms with E-state index in [2.05, 4.69) is 39.8 Å². The van der Waals surface area contributed by atoms with Crippen molar-refractivity contribution in [2.45, 2.75) is 32.7 Å². The van der Waals surface area contributed by atoms with E-state index in [1.54, 1.807) is 31.6 Å². The molecule has 1 aromatic rings. The van der Waals surface area contributed by atoms with Gasteiger partial charge in [-0.2, -0.15) is 0 Å². The molecule has 0 radical (unpaired) electrons. The highest BCUT2D eigenvalue weighted by Crippen LogP contribution is 2.26. The van der Waals surface area contributed by atoms with Crippen molar-refractivity contribution >= 4 is 17.9 Å². The van der Waals surface area contributed by atoms with Crippen LogP contribution in [-0.4, -0.2) is 57.0 Å². The summed E-state index contributed by atoms with van der Waals surface area (Å²) < 4.78 is 5.41. The number of ether oxygens (including phenoxy) is 1. The molecule has 1 heterocycles. The van der Waals surface area contributed by atoms with Gasteiger partial charge in [0.25, 0.3) is 5.91 Å². The summed E-state index contributed by atoms with van der Waals surface area (Å²) in [6.07, 6.45) is 5.70. The number of carbonyl (C=O) groups excluding carboxylic acids is 1. The lowest BCUT2D eigenvalue weighted by Gasteiger charge is -2.18. The Morgan fingerprint density at radius 1 is 1.37 bits per heavy atom. The van der Waals surface area contributed by atoms with E-state index in [9.17, 15) is 4.79 Å². The summed E-state index contributed by atoms with van der Waals surface area (Å²) in [7, 11) is 3.71. The Kier molecular flexibility index (Phi) is 8.13. The molecule has 0 saturated heterocycles. The molecule has 0 spiro atoms. The molecular weight excluding hydrogens is 342 g/mol. The van der Waals surface area contributed by atoms with E-state index >= 15 is 0 Å². The van der Waals surface area contributed by atoms with Crippen LogP contribution in [0.1, 0.15) is 37.0 Å². The third-order valence-electron chi connectivity index (χ3n) is 4.28. The number of hydrogen-bond donors (Lipinski definition) is 3. The van der Waals surface area contributed by atoms with Crippen LogP contribution in [0.2, 0.25) is 0 Å². The maximum atomic E-state index is 12.5. The fourth-order valence-electron chi connectivity index (χ4n) is 2.87. The summed E-state index contributed by atoms with van der Waals surface area (Å²) in [5, 5.41) is 9.31. The van der Waals surface area contributed by atoms with E-state index in [1.807, 2.05) is 13.0 Å². The quantitative estimate of drug-likeness (QED) is 0.549. The minimum Gasteiger partial charge on any atom is -0.495 e. The maximum Gasteiger partial charge on any atom is 0.251 e. The van der Waals surface area contributed by atoms with Crippen molar-refractivity contribution in [3.63, 3.8) is 0 Å². The first-order valence-electron chi connectivity index (χ1n) is 9.45. The summed E-state index contributed by atoms with van der Waals surface area (Å²) in [5.41, 5.74) is 1.33. The zero-order chi connectivity index (χ0) is 19.6. The average molecular weight is 374 g/mol. The van der Waals surface area contributed by atoms with Gasteiger partial charge in [-0.1, -0.05) is 6.92 Å². The third kappa shape index (κ3) is 6.60. The van der Waals surface area contributed by atoms with Crippen LogP contribution < -0.4 is 20.7 Å². The van der Waals surface area contributed by atoms with Crippen LogP contribution in [0.5, 0.6) is 5.75 Å². The van der Waals surface area contributed by atoms with Gasteiger partial charge in [-0.25, -0.2) is 0 Å². The van der Waals surface area contributed by atoms with Gasteiger partial charge in [-0.15, -0.1) is 0 Å². The number of anilines is 1. The third-order valence-corrected chi connectivity index (χ3v) is 4.28. The molecule has 2 rings (SSSR count). The van der Waals surface area contributed by atoms with E-state index in [4.69, 9.17) is 4.74 Å². The highest BCUT2D eigenvalue weighted by Gasteiger charge is 2.12. The van der Waals surface area contributed by atoms with Gasteiger partial charge in [0.2, 0.25) is 0 Å². The second kappa shape index (κ2) is 10.6. The largest absolute Gasteiger partial charge is 0.495 e. The lowest BCUT2D eigenvalue weighted by Crippen LogP contribution is -2.28. The van der Waals surface area contributed by atoms with Gasteiger partial charge in [0.15, 0.2) is 0 Å². The Balaban J connectivity index is 1.95. The number of carbonyl (C=O) groups is 1. The lowest BCUT2D eigenvalue weighted by molar-refractivity contribution is 0.0952. The monoisotopic (exact) mass is 373 g/mol. The molecule has 0 saturated carbocycles. The van der Waals surface area contributed by atoms with Gasteiger partial charge in [-0.3, -0.25) is 9.79 Å². The molecule has 7 heteroatoms. The van der Waals surface area contributed by atoms with Gasteiger partial charge < -0.3 is 25.6 Å². The number of amides is 1. The molecule has 0 fully saturated rings. The fourth-order valence-corrected chi connectivity index (χ4v) is 2.87. The van der Waals surface area contributed by atoms with Gasteiger partial charge >= 0.3 is 0 Å². The number of methoxy groups -OCH3 is 1. The second-order valence-corrected chi connectivity index (χ2v) is 6.70. The topological polar surface area (TPSA) is 78.0 Å². The van der Waals surface area contributed by atoms with Crippen molar-refractivity contribution in [1.29, 1.82) is 0 Å². The van der Waals surface area contributed by atoms with Crippen LogP contribution in [0, 0.1) is 0 Å². The van der Waals surface area contributed by atoms with E-state index in [0.717, 1.165) is 37.4 Å². The number of hydrogen-bond acceptors (Lipinski definition) is 6. The molecule has 0 aliphatic carbocycles. The van der Waals surface area contributed by atoms with Crippen molar-refractivity contribution in [3.8, 4) is 5.75 Å². The van der Waals surface area contributed by atoms with Crippen molar-refractivity contribution in [3.05, 3.63) is 35.7 Å². The van der Waals surface area contributed by atoms with Crippen molar-refractivity contribution < 1.29 is 9.53 Å². The van der Waals surface area contributed by atoms with Gasteiger partial charge in [0, 0.05) is 12.1 Å². The zero-order valence-electron chi connectivity index (χ0n) is 16.7. The first-order chi connectivity index (χ1) is 13.0. The minimum atomic E-state index is -0.0839. The molecular formula is C20H31N5O2. The number of benzene rings is 1. The SMILES string of the molecule is CCCN(C)CCCNC(=O)c1ccc(OC)c(NC2=CC(C)N=CN2)c1. The summed E-state index contributed by atoms with van der Waals surface area (Å²) in [4.78, 5) is 19.0. The van der Waals surface area contributed by atoms with Crippen molar-refractivity contribution in [1.82, 2.24) is 15.5 Å². The molecule has 27 heavy (non-hydrogen) atoms. The van der Waals surface area contributed by atoms with E-state index in [-0.39, 0.29) is 11.9 Å². The van der Waals surface area contributed by atoms with Crippen LogP contribution >= 0.6 is 0 Å². The smallest absolute Gasteiger partial charge is 0.251 e. The van der Waals surface area contributed by atoms with Crippen LogP contribution in [0.15, 0.2) is 35.1 Å².